The summed E-state index contributed by atoms with van der Waals surface area (Å²) in [5.41, 5.74) is -1.81. The molecule has 6 atom stereocenters. The largest absolute Gasteiger partial charge is 0.494 e. The first kappa shape index (κ1) is 29.3. The predicted molar refractivity (Wildman–Crippen MR) is 148 cm³/mol. The molecule has 9 nitrogen and oxygen atoms in total. The molecule has 0 radical (unpaired) electrons. The zero-order chi connectivity index (χ0) is 28.6. The number of aliphatic hydroxyl groups excluding tert-OH is 1. The van der Waals surface area contributed by atoms with Gasteiger partial charge in [0.2, 0.25) is 17.7 Å². The standard InChI is InChI=1S/C30H45N3O6/c1-7-38-21-14-12-20(13-15-21)31-25(35)22-23-27(37)33(16-10-8-9-11-17-34)24(26(36)32-28(3,4)5)30(23)18-19(2)29(22,6)39-30/h12-15,19,22-24,34H,7-11,16-18H2,1-6H3,(H,31,35)(H,32,36)/t19?,22-,23-,24?,29+,30?/m0/s1. The van der Waals surface area contributed by atoms with Crippen LogP contribution in [-0.2, 0) is 19.1 Å². The molecule has 0 aliphatic carbocycles. The van der Waals surface area contributed by atoms with Gasteiger partial charge in [0.05, 0.1) is 24.0 Å². The minimum atomic E-state index is -1.06. The predicted octanol–water partition coefficient (Wildman–Crippen LogP) is 3.50. The van der Waals surface area contributed by atoms with Gasteiger partial charge in [0.15, 0.2) is 0 Å². The number of likely N-dealkylation sites (tertiary alicyclic amines) is 1. The molecule has 3 fully saturated rings. The van der Waals surface area contributed by atoms with Crippen molar-refractivity contribution in [2.75, 3.05) is 25.1 Å². The van der Waals surface area contributed by atoms with Gasteiger partial charge in [0.1, 0.15) is 17.4 Å². The Balaban J connectivity index is 1.64. The summed E-state index contributed by atoms with van der Waals surface area (Å²) in [6.07, 6.45) is 3.65. The fraction of sp³-hybridized carbons (Fsp3) is 0.700. The second kappa shape index (κ2) is 11.1. The summed E-state index contributed by atoms with van der Waals surface area (Å²) in [6.45, 7) is 12.7. The van der Waals surface area contributed by atoms with Crippen LogP contribution in [0.2, 0.25) is 0 Å². The van der Waals surface area contributed by atoms with Crippen LogP contribution in [0.25, 0.3) is 0 Å². The van der Waals surface area contributed by atoms with Crippen molar-refractivity contribution in [2.24, 2.45) is 17.8 Å². The van der Waals surface area contributed by atoms with Crippen molar-refractivity contribution in [2.45, 2.75) is 96.4 Å². The molecular weight excluding hydrogens is 498 g/mol. The number of hydrogen-bond donors (Lipinski definition) is 3. The third-order valence-corrected chi connectivity index (χ3v) is 8.58. The monoisotopic (exact) mass is 543 g/mol. The number of amides is 3. The van der Waals surface area contributed by atoms with E-state index in [0.29, 0.717) is 43.9 Å². The SMILES string of the molecule is CCOc1ccc(NC(=O)[C@@H]2[C@H]3C(=O)N(CCCCCCO)C(C(=O)NC(C)(C)C)C34CC(C)[C@@]2(C)O4)cc1. The molecule has 216 valence electrons. The van der Waals surface area contributed by atoms with Crippen molar-refractivity contribution < 1.29 is 29.0 Å². The number of anilines is 1. The maximum atomic E-state index is 14.1. The summed E-state index contributed by atoms with van der Waals surface area (Å²) in [5.74, 6) is -1.47. The third kappa shape index (κ3) is 5.40. The normalized spacial score (nSPS) is 31.4. The molecule has 39 heavy (non-hydrogen) atoms. The lowest BCUT2D eigenvalue weighted by molar-refractivity contribution is -0.147. The lowest BCUT2D eigenvalue weighted by atomic mass is 9.62. The minimum absolute atomic E-state index is 0.0212. The zero-order valence-corrected chi connectivity index (χ0v) is 24.2. The number of fused-ring (bicyclic) bond motifs is 1. The van der Waals surface area contributed by atoms with E-state index >= 15 is 0 Å². The molecule has 0 aromatic heterocycles. The van der Waals surface area contributed by atoms with Crippen molar-refractivity contribution in [1.29, 1.82) is 0 Å². The summed E-state index contributed by atoms with van der Waals surface area (Å²) >= 11 is 0. The van der Waals surface area contributed by atoms with Crippen LogP contribution in [-0.4, -0.2) is 70.3 Å². The summed E-state index contributed by atoms with van der Waals surface area (Å²) in [6, 6.07) is 6.36. The Morgan fingerprint density at radius 1 is 1.13 bits per heavy atom. The molecule has 3 aliphatic rings. The smallest absolute Gasteiger partial charge is 0.246 e. The van der Waals surface area contributed by atoms with Gasteiger partial charge in [-0.05, 0) is 84.1 Å². The highest BCUT2D eigenvalue weighted by molar-refractivity contribution is 6.02. The van der Waals surface area contributed by atoms with Crippen molar-refractivity contribution in [3.8, 4) is 5.75 Å². The second-order valence-electron chi connectivity index (χ2n) is 12.6. The number of carbonyl (C=O) groups is 3. The van der Waals surface area contributed by atoms with Gasteiger partial charge in [-0.25, -0.2) is 0 Å². The summed E-state index contributed by atoms with van der Waals surface area (Å²) < 4.78 is 12.3. The Morgan fingerprint density at radius 3 is 2.41 bits per heavy atom. The molecule has 1 spiro atoms. The van der Waals surface area contributed by atoms with Gasteiger partial charge >= 0.3 is 0 Å². The molecule has 3 saturated heterocycles. The number of unbranched alkanes of at least 4 members (excludes halogenated alkanes) is 3. The van der Waals surface area contributed by atoms with E-state index in [9.17, 15) is 14.4 Å². The zero-order valence-electron chi connectivity index (χ0n) is 24.2. The van der Waals surface area contributed by atoms with Gasteiger partial charge in [-0.2, -0.15) is 0 Å². The molecule has 1 aromatic rings. The fourth-order valence-electron chi connectivity index (χ4n) is 6.89. The molecule has 0 saturated carbocycles. The summed E-state index contributed by atoms with van der Waals surface area (Å²) in [4.78, 5) is 43.5. The number of ether oxygens (including phenoxy) is 2. The van der Waals surface area contributed by atoms with Crippen LogP contribution in [0.5, 0.6) is 5.75 Å². The number of carbonyl (C=O) groups excluding carboxylic acids is 3. The average molecular weight is 544 g/mol. The number of nitrogens with one attached hydrogen (secondary N) is 2. The molecule has 3 aliphatic heterocycles. The number of nitrogens with zero attached hydrogens (tertiary/aromatic N) is 1. The van der Waals surface area contributed by atoms with Gasteiger partial charge in [-0.1, -0.05) is 19.8 Å². The maximum absolute atomic E-state index is 14.1. The average Bonchev–Trinajstić information content (AvgIpc) is 3.36. The Bertz CT molecular complexity index is 1070. The van der Waals surface area contributed by atoms with E-state index in [1.165, 1.54) is 0 Å². The molecule has 3 unspecified atom stereocenters. The summed E-state index contributed by atoms with van der Waals surface area (Å²) in [5, 5.41) is 15.2. The lowest BCUT2D eigenvalue weighted by Crippen LogP contribution is -2.58. The van der Waals surface area contributed by atoms with Crippen LogP contribution in [0, 0.1) is 17.8 Å². The second-order valence-corrected chi connectivity index (χ2v) is 12.6. The number of hydrogen-bond acceptors (Lipinski definition) is 6. The Hall–Kier alpha value is -2.65. The molecule has 3 N–H and O–H groups in total. The van der Waals surface area contributed by atoms with Crippen molar-refractivity contribution >= 4 is 23.4 Å². The fourth-order valence-corrected chi connectivity index (χ4v) is 6.89. The van der Waals surface area contributed by atoms with E-state index in [0.717, 1.165) is 12.8 Å². The highest BCUT2D eigenvalue weighted by Gasteiger charge is 2.79. The van der Waals surface area contributed by atoms with Crippen LogP contribution in [0.1, 0.15) is 73.6 Å². The van der Waals surface area contributed by atoms with E-state index in [1.807, 2.05) is 41.5 Å². The highest BCUT2D eigenvalue weighted by Crippen LogP contribution is 2.65. The third-order valence-electron chi connectivity index (χ3n) is 8.58. The quantitative estimate of drug-likeness (QED) is 0.368. The summed E-state index contributed by atoms with van der Waals surface area (Å²) in [7, 11) is 0. The Kier molecular flexibility index (Phi) is 8.34. The van der Waals surface area contributed by atoms with Crippen molar-refractivity contribution in [1.82, 2.24) is 10.2 Å². The van der Waals surface area contributed by atoms with Gasteiger partial charge < -0.3 is 30.1 Å². The van der Waals surface area contributed by atoms with Crippen LogP contribution < -0.4 is 15.4 Å². The van der Waals surface area contributed by atoms with Gasteiger partial charge in [0, 0.05) is 24.4 Å². The van der Waals surface area contributed by atoms with E-state index in [2.05, 4.69) is 10.6 Å². The number of aliphatic hydroxyl groups is 1. The topological polar surface area (TPSA) is 117 Å². The van der Waals surface area contributed by atoms with Crippen LogP contribution in [0.4, 0.5) is 5.69 Å². The van der Waals surface area contributed by atoms with Crippen molar-refractivity contribution in [3.05, 3.63) is 24.3 Å². The molecular formula is C30H45N3O6. The molecule has 1 aromatic carbocycles. The first-order valence-electron chi connectivity index (χ1n) is 14.3. The first-order valence-corrected chi connectivity index (χ1v) is 14.3. The molecule has 3 amide bonds. The molecule has 4 rings (SSSR count). The van der Waals surface area contributed by atoms with Gasteiger partial charge in [0.25, 0.3) is 0 Å². The van der Waals surface area contributed by atoms with E-state index in [-0.39, 0.29) is 30.2 Å². The molecule has 3 heterocycles. The Labute approximate surface area is 232 Å². The highest BCUT2D eigenvalue weighted by atomic mass is 16.5. The van der Waals surface area contributed by atoms with Crippen LogP contribution in [0.15, 0.2) is 24.3 Å². The lowest BCUT2D eigenvalue weighted by Gasteiger charge is -2.37. The van der Waals surface area contributed by atoms with E-state index < -0.39 is 34.6 Å². The molecule has 9 heteroatoms. The van der Waals surface area contributed by atoms with Crippen molar-refractivity contribution in [3.63, 3.8) is 0 Å². The maximum Gasteiger partial charge on any atom is 0.246 e. The van der Waals surface area contributed by atoms with Crippen LogP contribution >= 0.6 is 0 Å². The number of rotatable bonds is 11. The minimum Gasteiger partial charge on any atom is -0.494 e. The van der Waals surface area contributed by atoms with Crippen LogP contribution in [0.3, 0.4) is 0 Å². The van der Waals surface area contributed by atoms with Gasteiger partial charge in [-0.15, -0.1) is 0 Å². The Morgan fingerprint density at radius 2 is 1.79 bits per heavy atom. The van der Waals surface area contributed by atoms with E-state index in [4.69, 9.17) is 14.6 Å². The first-order chi connectivity index (χ1) is 18.4. The van der Waals surface area contributed by atoms with E-state index in [1.54, 1.807) is 29.2 Å². The molecule has 2 bridgehead atoms. The van der Waals surface area contributed by atoms with Gasteiger partial charge in [-0.3, -0.25) is 14.4 Å². The number of benzene rings is 1.